The Morgan fingerprint density at radius 3 is 1.22 bits per heavy atom. The molecule has 0 N–H and O–H groups in total. The fourth-order valence-corrected chi connectivity index (χ4v) is 9.26. The van der Waals surface area contributed by atoms with Gasteiger partial charge < -0.3 is 0 Å². The zero-order chi connectivity index (χ0) is 39.6. The summed E-state index contributed by atoms with van der Waals surface area (Å²) in [6.45, 7) is 14.0. The van der Waals surface area contributed by atoms with E-state index in [1.165, 1.54) is 218 Å². The summed E-state index contributed by atoms with van der Waals surface area (Å²) < 4.78 is 0. The van der Waals surface area contributed by atoms with Crippen molar-refractivity contribution in [1.29, 1.82) is 0 Å². The summed E-state index contributed by atoms with van der Waals surface area (Å²) in [7, 11) is 0. The fourth-order valence-electron chi connectivity index (χ4n) is 9.26. The standard InChI is InChI=1S/C55H95/c1-7-13-15-16-17-18-19-20-21-22-23-24-25-26-27-28-29-30-31-33-39-54(55-43-42-51(35-10-4)53(47-55)37-12-6)45-48(38-32-14-8-2)44-49-40-41-50(34-9-3)52(46-49)36-11-5/h40-43,45-48,54H,7-39,44H2,1-6H3. The minimum absolute atomic E-state index is 0.572. The van der Waals surface area contributed by atoms with Gasteiger partial charge in [0, 0.05) is 0 Å². The summed E-state index contributed by atoms with van der Waals surface area (Å²) >= 11 is 0. The van der Waals surface area contributed by atoms with Crippen LogP contribution >= 0.6 is 0 Å². The van der Waals surface area contributed by atoms with E-state index in [-0.39, 0.29) is 0 Å². The second-order valence-corrected chi connectivity index (χ2v) is 17.9. The lowest BCUT2D eigenvalue weighted by molar-refractivity contribution is 0.460. The summed E-state index contributed by atoms with van der Waals surface area (Å²) in [6.07, 6.45) is 49.6. The van der Waals surface area contributed by atoms with Crippen LogP contribution in [0.5, 0.6) is 0 Å². The number of hydrogen-bond donors (Lipinski definition) is 0. The maximum atomic E-state index is 2.86. The molecule has 0 spiro atoms. The van der Waals surface area contributed by atoms with Gasteiger partial charge in [-0.25, -0.2) is 0 Å². The van der Waals surface area contributed by atoms with Crippen molar-refractivity contribution in [2.45, 2.75) is 266 Å². The van der Waals surface area contributed by atoms with Crippen LogP contribution in [0.1, 0.15) is 267 Å². The highest BCUT2D eigenvalue weighted by molar-refractivity contribution is 5.36. The predicted octanol–water partition coefficient (Wildman–Crippen LogP) is 18.4. The molecule has 2 rings (SSSR count). The van der Waals surface area contributed by atoms with E-state index in [4.69, 9.17) is 0 Å². The largest absolute Gasteiger partial charge is 0.0654 e. The zero-order valence-corrected chi connectivity index (χ0v) is 38.2. The van der Waals surface area contributed by atoms with E-state index in [0.717, 1.165) is 0 Å². The highest BCUT2D eigenvalue weighted by atomic mass is 14.3. The van der Waals surface area contributed by atoms with Gasteiger partial charge in [0.25, 0.3) is 0 Å². The average molecular weight is 756 g/mol. The molecule has 0 fully saturated rings. The molecule has 0 aromatic heterocycles. The van der Waals surface area contributed by atoms with E-state index in [9.17, 15) is 0 Å². The highest BCUT2D eigenvalue weighted by Crippen LogP contribution is 2.34. The Balaban J connectivity index is 1.89. The van der Waals surface area contributed by atoms with Crippen LogP contribution in [0.3, 0.4) is 0 Å². The van der Waals surface area contributed by atoms with Gasteiger partial charge in [-0.15, -0.1) is 0 Å². The fraction of sp³-hybridized carbons (Fsp3) is 0.764. The molecule has 0 heterocycles. The Bertz CT molecular complexity index is 1140. The molecule has 0 nitrogen and oxygen atoms in total. The Morgan fingerprint density at radius 1 is 0.364 bits per heavy atom. The molecule has 0 heteroatoms. The summed E-state index contributed by atoms with van der Waals surface area (Å²) in [6, 6.07) is 15.3. The monoisotopic (exact) mass is 756 g/mol. The van der Waals surface area contributed by atoms with Crippen molar-refractivity contribution in [3.8, 4) is 0 Å². The van der Waals surface area contributed by atoms with Crippen LogP contribution < -0.4 is 0 Å². The molecule has 0 bridgehead atoms. The Kier molecular flexibility index (Phi) is 31.1. The van der Waals surface area contributed by atoms with E-state index >= 15 is 0 Å². The van der Waals surface area contributed by atoms with Gasteiger partial charge in [-0.1, -0.05) is 251 Å². The predicted molar refractivity (Wildman–Crippen MR) is 250 cm³/mol. The Hall–Kier alpha value is -1.56. The molecule has 0 aliphatic carbocycles. The highest BCUT2D eigenvalue weighted by Gasteiger charge is 2.21. The first-order chi connectivity index (χ1) is 27.1. The first-order valence-electron chi connectivity index (χ1n) is 25.2. The van der Waals surface area contributed by atoms with Crippen molar-refractivity contribution in [1.82, 2.24) is 0 Å². The van der Waals surface area contributed by atoms with Crippen LogP contribution in [-0.4, -0.2) is 0 Å². The molecule has 0 aliphatic rings. The van der Waals surface area contributed by atoms with E-state index in [1.807, 2.05) is 0 Å². The van der Waals surface area contributed by atoms with Crippen molar-refractivity contribution in [3.63, 3.8) is 0 Å². The molecular formula is C55H95. The minimum atomic E-state index is 0.572. The van der Waals surface area contributed by atoms with E-state index in [0.29, 0.717) is 11.8 Å². The summed E-state index contributed by atoms with van der Waals surface area (Å²) in [5.74, 6) is 1.22. The second kappa shape index (κ2) is 34.5. The molecule has 2 atom stereocenters. The molecule has 0 aliphatic heterocycles. The van der Waals surface area contributed by atoms with Crippen LogP contribution in [0.25, 0.3) is 0 Å². The van der Waals surface area contributed by atoms with E-state index in [1.54, 1.807) is 33.4 Å². The maximum absolute atomic E-state index is 2.86. The van der Waals surface area contributed by atoms with E-state index < -0.39 is 0 Å². The van der Waals surface area contributed by atoms with Gasteiger partial charge in [0.05, 0.1) is 0 Å². The van der Waals surface area contributed by atoms with Gasteiger partial charge in [0.2, 0.25) is 0 Å². The molecule has 55 heavy (non-hydrogen) atoms. The third-order valence-corrected chi connectivity index (χ3v) is 12.6. The van der Waals surface area contributed by atoms with Crippen LogP contribution in [0.2, 0.25) is 0 Å². The first-order valence-corrected chi connectivity index (χ1v) is 25.2. The first kappa shape index (κ1) is 49.6. The van der Waals surface area contributed by atoms with Gasteiger partial charge in [-0.3, -0.25) is 0 Å². The van der Waals surface area contributed by atoms with Gasteiger partial charge in [-0.05, 0) is 96.6 Å². The minimum Gasteiger partial charge on any atom is -0.0654 e. The number of rotatable bonds is 38. The molecule has 0 saturated carbocycles. The SMILES string of the molecule is CCCCCCCCCCCCCCCCCCCCCCC([CH]C(CCCCC)Cc1ccc(CCC)c(CCC)c1)c1ccc(CCC)c(CCC)c1. The molecular weight excluding hydrogens is 661 g/mol. The third kappa shape index (κ3) is 23.4. The molecule has 315 valence electrons. The topological polar surface area (TPSA) is 0 Å². The second-order valence-electron chi connectivity index (χ2n) is 17.9. The average Bonchev–Trinajstić information content (AvgIpc) is 3.18. The maximum Gasteiger partial charge on any atom is -0.0128 e. The normalized spacial score (nSPS) is 12.8. The van der Waals surface area contributed by atoms with Crippen LogP contribution in [-0.2, 0) is 32.1 Å². The molecule has 1 radical (unpaired) electrons. The van der Waals surface area contributed by atoms with Gasteiger partial charge >= 0.3 is 0 Å². The van der Waals surface area contributed by atoms with Crippen molar-refractivity contribution in [2.24, 2.45) is 5.92 Å². The van der Waals surface area contributed by atoms with Gasteiger partial charge in [-0.2, -0.15) is 0 Å². The zero-order valence-electron chi connectivity index (χ0n) is 38.2. The third-order valence-electron chi connectivity index (χ3n) is 12.6. The van der Waals surface area contributed by atoms with E-state index in [2.05, 4.69) is 84.4 Å². The van der Waals surface area contributed by atoms with Crippen molar-refractivity contribution in [3.05, 3.63) is 76.2 Å². The molecule has 0 amide bonds. The molecule has 2 unspecified atom stereocenters. The summed E-state index contributed by atoms with van der Waals surface area (Å²) in [5.41, 5.74) is 9.61. The number of unbranched alkanes of at least 4 members (excludes halogenated alkanes) is 21. The Labute approximate surface area is 346 Å². The number of aryl methyl sites for hydroxylation is 4. The van der Waals surface area contributed by atoms with Crippen molar-refractivity contribution in [2.75, 3.05) is 0 Å². The molecule has 2 aromatic carbocycles. The molecule has 0 saturated heterocycles. The van der Waals surface area contributed by atoms with Crippen LogP contribution in [0.15, 0.2) is 36.4 Å². The number of hydrogen-bond acceptors (Lipinski definition) is 0. The Morgan fingerprint density at radius 2 is 0.745 bits per heavy atom. The van der Waals surface area contributed by atoms with Gasteiger partial charge in [0.15, 0.2) is 0 Å². The lowest BCUT2D eigenvalue weighted by Gasteiger charge is -2.26. The summed E-state index contributed by atoms with van der Waals surface area (Å²) in [5, 5.41) is 0. The van der Waals surface area contributed by atoms with Crippen molar-refractivity contribution >= 4 is 0 Å². The van der Waals surface area contributed by atoms with Gasteiger partial charge in [0.1, 0.15) is 0 Å². The quantitative estimate of drug-likeness (QED) is 0.0599. The summed E-state index contributed by atoms with van der Waals surface area (Å²) in [4.78, 5) is 0. The van der Waals surface area contributed by atoms with Crippen molar-refractivity contribution < 1.29 is 0 Å². The lowest BCUT2D eigenvalue weighted by atomic mass is 9.79. The lowest BCUT2D eigenvalue weighted by Crippen LogP contribution is -2.13. The van der Waals surface area contributed by atoms with Crippen LogP contribution in [0, 0.1) is 12.3 Å². The smallest absolute Gasteiger partial charge is 0.0128 e. The molecule has 2 aromatic rings. The number of benzene rings is 2. The van der Waals surface area contributed by atoms with Crippen LogP contribution in [0.4, 0.5) is 0 Å².